The summed E-state index contributed by atoms with van der Waals surface area (Å²) in [5.74, 6) is -2.13. The monoisotopic (exact) mass is 515 g/mol. The average Bonchev–Trinajstić information content (AvgIpc) is 2.94. The summed E-state index contributed by atoms with van der Waals surface area (Å²) in [7, 11) is 1.30. The fourth-order valence-electron chi connectivity index (χ4n) is 4.08. The van der Waals surface area contributed by atoms with Crippen LogP contribution in [-0.2, 0) is 20.9 Å². The second kappa shape index (κ2) is 13.7. The first kappa shape index (κ1) is 28.1. The van der Waals surface area contributed by atoms with E-state index in [0.717, 1.165) is 11.1 Å². The number of methoxy groups -OCH3 is 1. The number of nitrogens with two attached hydrogens (primary N) is 3. The highest BCUT2D eigenvalue weighted by Crippen LogP contribution is 2.28. The fraction of sp³-hybridized carbons (Fsp3) is 0.241. The molecule has 0 spiro atoms. The van der Waals surface area contributed by atoms with Crippen LogP contribution >= 0.6 is 0 Å². The maximum atomic E-state index is 14.2. The van der Waals surface area contributed by atoms with Gasteiger partial charge in [-0.05, 0) is 41.7 Å². The minimum absolute atomic E-state index is 0.0170. The Morgan fingerprint density at radius 1 is 0.842 bits per heavy atom. The lowest BCUT2D eigenvalue weighted by Crippen LogP contribution is -2.48. The number of hydrogen-bond acceptors (Lipinski definition) is 6. The molecule has 0 aliphatic carbocycles. The molecule has 3 aromatic carbocycles. The van der Waals surface area contributed by atoms with Gasteiger partial charge in [-0.25, -0.2) is 4.79 Å². The number of benzene rings is 3. The highest BCUT2D eigenvalue weighted by Gasteiger charge is 2.33. The third kappa shape index (κ3) is 7.50. The number of ether oxygens (including phenoxy) is 1. The second-order valence-electron chi connectivity index (χ2n) is 8.76. The summed E-state index contributed by atoms with van der Waals surface area (Å²) in [6, 6.07) is 24.2. The molecule has 0 aliphatic heterocycles. The van der Waals surface area contributed by atoms with Crippen molar-refractivity contribution in [3.63, 3.8) is 0 Å². The van der Waals surface area contributed by atoms with Gasteiger partial charge in [0.25, 0.3) is 0 Å². The van der Waals surface area contributed by atoms with Crippen LogP contribution in [0.15, 0.2) is 89.9 Å². The molecule has 0 saturated heterocycles. The molecule has 0 aliphatic rings. The van der Waals surface area contributed by atoms with Crippen molar-refractivity contribution in [2.75, 3.05) is 13.7 Å². The van der Waals surface area contributed by atoms with Gasteiger partial charge in [0, 0.05) is 6.54 Å². The van der Waals surface area contributed by atoms with E-state index in [9.17, 15) is 14.4 Å². The van der Waals surface area contributed by atoms with Crippen molar-refractivity contribution >= 4 is 23.7 Å². The van der Waals surface area contributed by atoms with Crippen LogP contribution < -0.4 is 17.2 Å². The Labute approximate surface area is 222 Å². The highest BCUT2D eigenvalue weighted by molar-refractivity contribution is 6.02. The van der Waals surface area contributed by atoms with Crippen LogP contribution in [0.1, 0.15) is 45.8 Å². The first-order chi connectivity index (χ1) is 18.3. The number of amides is 2. The highest BCUT2D eigenvalue weighted by atomic mass is 16.5. The Kier molecular flexibility index (Phi) is 10.1. The Bertz CT molecular complexity index is 1200. The Morgan fingerprint density at radius 3 is 1.89 bits per heavy atom. The summed E-state index contributed by atoms with van der Waals surface area (Å²) in [6.07, 6.45) is 0.767. The van der Waals surface area contributed by atoms with Crippen molar-refractivity contribution in [1.29, 1.82) is 0 Å². The summed E-state index contributed by atoms with van der Waals surface area (Å²) in [5.41, 5.74) is 19.5. The number of carbonyl (C=O) groups is 3. The minimum atomic E-state index is -0.935. The molecule has 1 atom stereocenters. The lowest BCUT2D eigenvalue weighted by atomic mass is 9.89. The van der Waals surface area contributed by atoms with Crippen LogP contribution in [0, 0.1) is 0 Å². The number of aliphatic imine (C=N–C) groups is 1. The van der Waals surface area contributed by atoms with Crippen molar-refractivity contribution in [3.05, 3.63) is 107 Å². The standard InChI is InChI=1S/C29H33N5O4/c1-38-28(37)23-16-14-20(15-17-23)19-34(26(35)24(30)13-8-18-33-29(31)32)27(36)25(21-9-4-2-5-10-21)22-11-6-3-7-12-22/h2-7,9-12,14-17,24-25H,8,13,18-19,30H2,1H3,(H4,31,32,33)/t24-/m1/s1. The van der Waals surface area contributed by atoms with E-state index in [4.69, 9.17) is 21.9 Å². The van der Waals surface area contributed by atoms with Gasteiger partial charge in [0.1, 0.15) is 0 Å². The van der Waals surface area contributed by atoms with Gasteiger partial charge < -0.3 is 21.9 Å². The van der Waals surface area contributed by atoms with Gasteiger partial charge in [0.15, 0.2) is 5.96 Å². The van der Waals surface area contributed by atoms with Crippen molar-refractivity contribution in [1.82, 2.24) is 4.90 Å². The zero-order valence-corrected chi connectivity index (χ0v) is 21.3. The average molecular weight is 516 g/mol. The number of carbonyl (C=O) groups excluding carboxylic acids is 3. The number of rotatable bonds is 11. The fourth-order valence-corrected chi connectivity index (χ4v) is 4.08. The topological polar surface area (TPSA) is 154 Å². The van der Waals surface area contributed by atoms with Crippen molar-refractivity contribution in [2.45, 2.75) is 31.3 Å². The predicted octanol–water partition coefficient (Wildman–Crippen LogP) is 2.54. The molecule has 9 heteroatoms. The summed E-state index contributed by atoms with van der Waals surface area (Å²) < 4.78 is 4.76. The minimum Gasteiger partial charge on any atom is -0.465 e. The van der Waals surface area contributed by atoms with Crippen LogP contribution in [0.25, 0.3) is 0 Å². The van der Waals surface area contributed by atoms with E-state index in [2.05, 4.69) is 4.99 Å². The Hall–Kier alpha value is -4.50. The van der Waals surface area contributed by atoms with Gasteiger partial charge in [-0.2, -0.15) is 0 Å². The van der Waals surface area contributed by atoms with Gasteiger partial charge in [-0.1, -0.05) is 72.8 Å². The molecule has 0 aromatic heterocycles. The lowest BCUT2D eigenvalue weighted by Gasteiger charge is -2.29. The quantitative estimate of drug-likeness (QED) is 0.153. The van der Waals surface area contributed by atoms with Crippen molar-refractivity contribution in [2.24, 2.45) is 22.2 Å². The molecular weight excluding hydrogens is 482 g/mol. The van der Waals surface area contributed by atoms with Gasteiger partial charge >= 0.3 is 5.97 Å². The number of guanidine groups is 1. The maximum absolute atomic E-state index is 14.2. The summed E-state index contributed by atoms with van der Waals surface area (Å²) >= 11 is 0. The van der Waals surface area contributed by atoms with Gasteiger partial charge in [-0.15, -0.1) is 0 Å². The molecule has 3 aromatic rings. The first-order valence-corrected chi connectivity index (χ1v) is 12.2. The maximum Gasteiger partial charge on any atom is 0.337 e. The SMILES string of the molecule is COC(=O)c1ccc(CN(C(=O)C(c2ccccc2)c2ccccc2)C(=O)[C@H](N)CCCN=C(N)N)cc1. The summed E-state index contributed by atoms with van der Waals surface area (Å²) in [5, 5.41) is 0. The van der Waals surface area contributed by atoms with Crippen LogP contribution in [0.3, 0.4) is 0 Å². The Morgan fingerprint density at radius 2 is 1.39 bits per heavy atom. The normalized spacial score (nSPS) is 11.4. The van der Waals surface area contributed by atoms with Crippen molar-refractivity contribution < 1.29 is 19.1 Å². The van der Waals surface area contributed by atoms with Gasteiger partial charge in [0.05, 0.1) is 31.2 Å². The largest absolute Gasteiger partial charge is 0.465 e. The van der Waals surface area contributed by atoms with E-state index >= 15 is 0 Å². The number of nitrogens with zero attached hydrogens (tertiary/aromatic N) is 2. The van der Waals surface area contributed by atoms with E-state index in [1.807, 2.05) is 60.7 Å². The molecule has 0 radical (unpaired) electrons. The summed E-state index contributed by atoms with van der Waals surface area (Å²) in [4.78, 5) is 44.7. The third-order valence-corrected chi connectivity index (χ3v) is 6.05. The molecule has 38 heavy (non-hydrogen) atoms. The summed E-state index contributed by atoms with van der Waals surface area (Å²) in [6.45, 7) is 0.305. The smallest absolute Gasteiger partial charge is 0.337 e. The van der Waals surface area contributed by atoms with E-state index < -0.39 is 29.7 Å². The van der Waals surface area contributed by atoms with E-state index in [0.29, 0.717) is 30.5 Å². The second-order valence-corrected chi connectivity index (χ2v) is 8.76. The molecule has 0 saturated carbocycles. The molecule has 2 amide bonds. The molecule has 6 N–H and O–H groups in total. The van der Waals surface area contributed by atoms with Crippen LogP contribution in [0.5, 0.6) is 0 Å². The molecule has 9 nitrogen and oxygen atoms in total. The molecule has 0 fully saturated rings. The predicted molar refractivity (Wildman–Crippen MR) is 146 cm³/mol. The van der Waals surface area contributed by atoms with Crippen LogP contribution in [-0.4, -0.2) is 48.3 Å². The first-order valence-electron chi connectivity index (χ1n) is 12.2. The molecule has 0 bridgehead atoms. The van der Waals surface area contributed by atoms with Crippen LogP contribution in [0.2, 0.25) is 0 Å². The van der Waals surface area contributed by atoms with Crippen LogP contribution in [0.4, 0.5) is 0 Å². The zero-order valence-electron chi connectivity index (χ0n) is 21.3. The van der Waals surface area contributed by atoms with E-state index in [1.54, 1.807) is 24.3 Å². The zero-order chi connectivity index (χ0) is 27.5. The third-order valence-electron chi connectivity index (χ3n) is 6.05. The van der Waals surface area contributed by atoms with Gasteiger partial charge in [0.2, 0.25) is 11.8 Å². The molecule has 0 unspecified atom stereocenters. The number of imide groups is 1. The number of esters is 1. The molecule has 3 rings (SSSR count). The molecular formula is C29H33N5O4. The van der Waals surface area contributed by atoms with E-state index in [-0.39, 0.29) is 12.5 Å². The van der Waals surface area contributed by atoms with Gasteiger partial charge in [-0.3, -0.25) is 19.5 Å². The Balaban J connectivity index is 1.95. The molecule has 0 heterocycles. The van der Waals surface area contributed by atoms with Crippen molar-refractivity contribution in [3.8, 4) is 0 Å². The number of hydrogen-bond donors (Lipinski definition) is 3. The molecule has 198 valence electrons. The lowest BCUT2D eigenvalue weighted by molar-refractivity contribution is -0.147. The van der Waals surface area contributed by atoms with E-state index in [1.165, 1.54) is 12.0 Å².